The Bertz CT molecular complexity index is 836. The Morgan fingerprint density at radius 3 is 2.62 bits per heavy atom. The fourth-order valence-electron chi connectivity index (χ4n) is 2.06. The van der Waals surface area contributed by atoms with Gasteiger partial charge in [-0.15, -0.1) is 0 Å². The van der Waals surface area contributed by atoms with Gasteiger partial charge in [-0.25, -0.2) is 0 Å². The van der Waals surface area contributed by atoms with E-state index in [2.05, 4.69) is 4.98 Å². The van der Waals surface area contributed by atoms with Crippen molar-refractivity contribution in [2.45, 2.75) is 9.79 Å². The van der Waals surface area contributed by atoms with Crippen LogP contribution < -0.4 is 0 Å². The molecule has 3 aromatic rings. The second-order valence-corrected chi connectivity index (χ2v) is 5.41. The molecule has 21 heavy (non-hydrogen) atoms. The molecule has 1 heterocycles. The number of benzene rings is 2. The van der Waals surface area contributed by atoms with Gasteiger partial charge in [0.2, 0.25) is 0 Å². The number of phenols is 1. The lowest BCUT2D eigenvalue weighted by Gasteiger charge is -2.07. The van der Waals surface area contributed by atoms with E-state index < -0.39 is 4.92 Å². The molecule has 0 atom stereocenters. The van der Waals surface area contributed by atoms with Crippen LogP contribution in [-0.4, -0.2) is 15.0 Å². The summed E-state index contributed by atoms with van der Waals surface area (Å²) in [6, 6.07) is 11.8. The summed E-state index contributed by atoms with van der Waals surface area (Å²) >= 11 is 1.35. The number of hydrogen-bond donors (Lipinski definition) is 1. The molecule has 6 heteroatoms. The summed E-state index contributed by atoms with van der Waals surface area (Å²) in [5.74, 6) is 0.179. The number of aromatic hydroxyl groups is 1. The van der Waals surface area contributed by atoms with Crippen LogP contribution in [0.2, 0.25) is 0 Å². The minimum absolute atomic E-state index is 0.0500. The van der Waals surface area contributed by atoms with Gasteiger partial charge in [-0.05, 0) is 24.3 Å². The van der Waals surface area contributed by atoms with Crippen LogP contribution in [0, 0.1) is 10.1 Å². The quantitative estimate of drug-likeness (QED) is 0.584. The number of nitro benzene ring substituents is 1. The molecule has 0 radical (unpaired) electrons. The highest BCUT2D eigenvalue weighted by Crippen LogP contribution is 2.39. The van der Waals surface area contributed by atoms with Crippen LogP contribution in [0.4, 0.5) is 5.69 Å². The van der Waals surface area contributed by atoms with E-state index in [1.807, 2.05) is 6.07 Å². The van der Waals surface area contributed by atoms with E-state index in [4.69, 9.17) is 0 Å². The first kappa shape index (κ1) is 13.4. The Morgan fingerprint density at radius 1 is 1.05 bits per heavy atom. The molecule has 2 aromatic carbocycles. The first-order chi connectivity index (χ1) is 10.2. The lowest BCUT2D eigenvalue weighted by atomic mass is 10.1. The standard InChI is InChI=1S/C15H10N2O3S/c18-13-3-1-2-4-15(13)21-14-6-5-12(17(19)20)10-7-8-16-9-11(10)14/h1-9,18H. The number of phenolic OH excluding ortho intramolecular Hbond substituents is 1. The third-order valence-corrected chi connectivity index (χ3v) is 4.18. The van der Waals surface area contributed by atoms with E-state index in [0.717, 1.165) is 4.90 Å². The van der Waals surface area contributed by atoms with Gasteiger partial charge in [-0.2, -0.15) is 0 Å². The van der Waals surface area contributed by atoms with E-state index >= 15 is 0 Å². The Kier molecular flexibility index (Phi) is 3.45. The summed E-state index contributed by atoms with van der Waals surface area (Å²) in [6.07, 6.45) is 3.13. The fraction of sp³-hybridized carbons (Fsp3) is 0. The molecule has 0 saturated carbocycles. The molecule has 0 aliphatic heterocycles. The van der Waals surface area contributed by atoms with E-state index in [0.29, 0.717) is 15.7 Å². The SMILES string of the molecule is O=[N+]([O-])c1ccc(Sc2ccccc2O)c2cnccc12. The number of fused-ring (bicyclic) bond motifs is 1. The molecule has 0 aliphatic carbocycles. The van der Waals surface area contributed by atoms with Gasteiger partial charge in [0.1, 0.15) is 5.75 Å². The van der Waals surface area contributed by atoms with Crippen LogP contribution >= 0.6 is 11.8 Å². The molecule has 0 spiro atoms. The highest BCUT2D eigenvalue weighted by molar-refractivity contribution is 7.99. The average molecular weight is 298 g/mol. The maximum absolute atomic E-state index is 11.1. The zero-order chi connectivity index (χ0) is 14.8. The van der Waals surface area contributed by atoms with Gasteiger partial charge in [0, 0.05) is 28.7 Å². The van der Waals surface area contributed by atoms with Crippen LogP contribution in [0.1, 0.15) is 0 Å². The van der Waals surface area contributed by atoms with Crippen LogP contribution in [0.15, 0.2) is 64.6 Å². The molecule has 0 unspecified atom stereocenters. The molecule has 5 nitrogen and oxygen atoms in total. The van der Waals surface area contributed by atoms with Crippen molar-refractivity contribution in [2.75, 3.05) is 0 Å². The van der Waals surface area contributed by atoms with Gasteiger partial charge in [0.25, 0.3) is 5.69 Å². The lowest BCUT2D eigenvalue weighted by molar-refractivity contribution is -0.383. The topological polar surface area (TPSA) is 76.3 Å². The van der Waals surface area contributed by atoms with E-state index in [1.54, 1.807) is 36.5 Å². The van der Waals surface area contributed by atoms with E-state index in [9.17, 15) is 15.2 Å². The number of hydrogen-bond acceptors (Lipinski definition) is 5. The second kappa shape index (κ2) is 5.41. The van der Waals surface area contributed by atoms with Gasteiger partial charge < -0.3 is 5.11 Å². The lowest BCUT2D eigenvalue weighted by Crippen LogP contribution is -1.91. The van der Waals surface area contributed by atoms with Crippen molar-refractivity contribution in [2.24, 2.45) is 0 Å². The molecular formula is C15H10N2O3S. The minimum Gasteiger partial charge on any atom is -0.507 e. The number of rotatable bonds is 3. The molecule has 0 amide bonds. The van der Waals surface area contributed by atoms with E-state index in [-0.39, 0.29) is 11.4 Å². The monoisotopic (exact) mass is 298 g/mol. The average Bonchev–Trinajstić information content (AvgIpc) is 2.49. The van der Waals surface area contributed by atoms with Crippen LogP contribution in [0.25, 0.3) is 10.8 Å². The number of nitro groups is 1. The van der Waals surface area contributed by atoms with Crippen molar-refractivity contribution >= 4 is 28.2 Å². The number of non-ortho nitro benzene ring substituents is 1. The molecule has 0 bridgehead atoms. The van der Waals surface area contributed by atoms with Crippen molar-refractivity contribution in [3.05, 3.63) is 65.0 Å². The van der Waals surface area contributed by atoms with Crippen LogP contribution in [0.5, 0.6) is 5.75 Å². The third kappa shape index (κ3) is 2.53. The van der Waals surface area contributed by atoms with E-state index in [1.165, 1.54) is 24.0 Å². The Balaban J connectivity index is 2.14. The summed E-state index contributed by atoms with van der Waals surface area (Å²) in [4.78, 5) is 16.2. The maximum Gasteiger partial charge on any atom is 0.277 e. The van der Waals surface area contributed by atoms with Gasteiger partial charge in [0.15, 0.2) is 0 Å². The summed E-state index contributed by atoms with van der Waals surface area (Å²) in [5.41, 5.74) is 0.0500. The number of aromatic nitrogens is 1. The highest BCUT2D eigenvalue weighted by Gasteiger charge is 2.15. The van der Waals surface area contributed by atoms with Gasteiger partial charge in [0.05, 0.1) is 15.2 Å². The number of nitrogens with zero attached hydrogens (tertiary/aromatic N) is 2. The maximum atomic E-state index is 11.1. The molecule has 104 valence electrons. The normalized spacial score (nSPS) is 10.7. The molecule has 1 aromatic heterocycles. The predicted octanol–water partition coefficient (Wildman–Crippen LogP) is 4.00. The summed E-state index contributed by atoms with van der Waals surface area (Å²) < 4.78 is 0. The van der Waals surface area contributed by atoms with Crippen molar-refractivity contribution in [1.29, 1.82) is 0 Å². The Morgan fingerprint density at radius 2 is 1.86 bits per heavy atom. The molecule has 3 rings (SSSR count). The Labute approximate surface area is 124 Å². The molecule has 1 N–H and O–H groups in total. The molecule has 0 aliphatic rings. The van der Waals surface area contributed by atoms with Gasteiger partial charge >= 0.3 is 0 Å². The molecular weight excluding hydrogens is 288 g/mol. The van der Waals surface area contributed by atoms with Crippen molar-refractivity contribution < 1.29 is 10.0 Å². The summed E-state index contributed by atoms with van der Waals surface area (Å²) in [5, 5.41) is 22.2. The van der Waals surface area contributed by atoms with Crippen molar-refractivity contribution in [3.63, 3.8) is 0 Å². The van der Waals surface area contributed by atoms with Crippen LogP contribution in [0.3, 0.4) is 0 Å². The zero-order valence-electron chi connectivity index (χ0n) is 10.8. The predicted molar refractivity (Wildman–Crippen MR) is 80.6 cm³/mol. The number of para-hydroxylation sites is 1. The molecule has 0 fully saturated rings. The fourth-order valence-corrected chi connectivity index (χ4v) is 3.02. The second-order valence-electron chi connectivity index (χ2n) is 4.33. The van der Waals surface area contributed by atoms with Crippen LogP contribution in [-0.2, 0) is 0 Å². The molecule has 0 saturated heterocycles. The summed E-state index contributed by atoms with van der Waals surface area (Å²) in [7, 11) is 0. The van der Waals surface area contributed by atoms with Gasteiger partial charge in [-0.3, -0.25) is 15.1 Å². The third-order valence-electron chi connectivity index (χ3n) is 3.04. The smallest absolute Gasteiger partial charge is 0.277 e. The number of pyridine rings is 1. The summed E-state index contributed by atoms with van der Waals surface area (Å²) in [6.45, 7) is 0. The zero-order valence-corrected chi connectivity index (χ0v) is 11.6. The van der Waals surface area contributed by atoms with Crippen molar-refractivity contribution in [1.82, 2.24) is 4.98 Å². The van der Waals surface area contributed by atoms with Gasteiger partial charge in [-0.1, -0.05) is 23.9 Å². The van der Waals surface area contributed by atoms with Crippen molar-refractivity contribution in [3.8, 4) is 5.75 Å². The Hall–Kier alpha value is -2.60. The first-order valence-electron chi connectivity index (χ1n) is 6.14. The minimum atomic E-state index is -0.406. The first-order valence-corrected chi connectivity index (χ1v) is 6.95. The highest BCUT2D eigenvalue weighted by atomic mass is 32.2. The largest absolute Gasteiger partial charge is 0.507 e.